The Kier molecular flexibility index (Phi) is 5.56. The molecule has 0 bridgehead atoms. The average Bonchev–Trinajstić information content (AvgIpc) is 2.72. The van der Waals surface area contributed by atoms with Gasteiger partial charge in [0, 0.05) is 11.3 Å². The molecule has 118 valence electrons. The molecule has 7 nitrogen and oxygen atoms in total. The quantitative estimate of drug-likeness (QED) is 0.550. The molecule has 0 spiro atoms. The summed E-state index contributed by atoms with van der Waals surface area (Å²) in [7, 11) is -2.64. The van der Waals surface area contributed by atoms with Gasteiger partial charge in [-0.05, 0) is 13.8 Å². The maximum absolute atomic E-state index is 14.3. The minimum atomic E-state index is -2.64. The molecule has 0 aromatic carbocycles. The van der Waals surface area contributed by atoms with Crippen LogP contribution in [-0.4, -0.2) is 46.3 Å². The lowest BCUT2D eigenvalue weighted by Gasteiger charge is -2.18. The third-order valence-corrected chi connectivity index (χ3v) is 4.11. The molecule has 2 rings (SSSR count). The van der Waals surface area contributed by atoms with E-state index in [4.69, 9.17) is 9.26 Å². The molecular weight excluding hydrogens is 320 g/mol. The van der Waals surface area contributed by atoms with Crippen molar-refractivity contribution in [2.24, 2.45) is 0 Å². The van der Waals surface area contributed by atoms with Crippen LogP contribution in [-0.2, 0) is 13.8 Å². The molecule has 0 saturated carbocycles. The van der Waals surface area contributed by atoms with Crippen LogP contribution in [0.25, 0.3) is 0 Å². The first-order valence-corrected chi connectivity index (χ1v) is 8.89. The fraction of sp³-hybridized carbons (Fsp3) is 0.636. The van der Waals surface area contributed by atoms with Crippen LogP contribution in [0.2, 0.25) is 0 Å². The summed E-state index contributed by atoms with van der Waals surface area (Å²) in [4.78, 5) is 8.05. The van der Waals surface area contributed by atoms with Gasteiger partial charge in [-0.25, -0.2) is 14.4 Å². The summed E-state index contributed by atoms with van der Waals surface area (Å²) in [6.07, 6.45) is -3.37. The lowest BCUT2D eigenvalue weighted by molar-refractivity contribution is -0.00635. The van der Waals surface area contributed by atoms with Crippen molar-refractivity contribution in [2.75, 3.05) is 11.9 Å². The van der Waals surface area contributed by atoms with Crippen molar-refractivity contribution in [1.82, 2.24) is 9.97 Å². The first kappa shape index (κ1) is 16.6. The van der Waals surface area contributed by atoms with E-state index in [2.05, 4.69) is 27.5 Å². The standard InChI is InChI=1S/C11H17FN3O4PS/c1-5-6(2)13-4-14-10(5)15-11-8(12)9(19-20(17)21)7(3-16)18-11/h4,7-9,11,16,20H,3H2,1-2H3,(H,17,21)(H,13,14,15)/t7-,8-,9-,11?/m1/s1. The number of rotatable bonds is 5. The van der Waals surface area contributed by atoms with Crippen molar-refractivity contribution in [3.05, 3.63) is 17.6 Å². The highest BCUT2D eigenvalue weighted by atomic mass is 32.7. The van der Waals surface area contributed by atoms with Crippen LogP contribution in [0.4, 0.5) is 10.2 Å². The second-order valence-corrected chi connectivity index (χ2v) is 6.51. The highest BCUT2D eigenvalue weighted by molar-refractivity contribution is 8.39. The van der Waals surface area contributed by atoms with Gasteiger partial charge in [-0.3, -0.25) is 4.57 Å². The predicted molar refractivity (Wildman–Crippen MR) is 78.6 cm³/mol. The molecule has 2 heterocycles. The number of aliphatic hydroxyl groups is 1. The number of nitrogens with zero attached hydrogens (tertiary/aromatic N) is 2. The zero-order valence-electron chi connectivity index (χ0n) is 11.5. The number of aryl methyl sites for hydroxylation is 1. The first-order chi connectivity index (χ1) is 9.93. The Bertz CT molecular complexity index is 538. The van der Waals surface area contributed by atoms with Crippen molar-refractivity contribution >= 4 is 25.3 Å². The van der Waals surface area contributed by atoms with E-state index in [-0.39, 0.29) is 0 Å². The summed E-state index contributed by atoms with van der Waals surface area (Å²) in [6, 6.07) is 0. The van der Waals surface area contributed by atoms with E-state index in [1.54, 1.807) is 13.8 Å². The predicted octanol–water partition coefficient (Wildman–Crippen LogP) is 1.27. The number of aromatic nitrogens is 2. The number of hydrogen-bond donors (Lipinski definition) is 3. The van der Waals surface area contributed by atoms with E-state index < -0.39 is 38.4 Å². The number of thiol groups is 1. The molecule has 21 heavy (non-hydrogen) atoms. The van der Waals surface area contributed by atoms with Crippen LogP contribution >= 0.6 is 19.5 Å². The van der Waals surface area contributed by atoms with Crippen molar-refractivity contribution in [3.63, 3.8) is 0 Å². The summed E-state index contributed by atoms with van der Waals surface area (Å²) in [5.74, 6) is 0.436. The smallest absolute Gasteiger partial charge is 0.243 e. The van der Waals surface area contributed by atoms with Gasteiger partial charge in [0.2, 0.25) is 7.23 Å². The molecule has 2 unspecified atom stereocenters. The van der Waals surface area contributed by atoms with Gasteiger partial charge in [0.25, 0.3) is 0 Å². The topological polar surface area (TPSA) is 93.6 Å². The summed E-state index contributed by atoms with van der Waals surface area (Å²) >= 11 is 3.63. The fourth-order valence-corrected chi connectivity index (χ4v) is 2.93. The number of hydrogen-bond acceptors (Lipinski definition) is 7. The van der Waals surface area contributed by atoms with Gasteiger partial charge in [-0.1, -0.05) is 12.2 Å². The summed E-state index contributed by atoms with van der Waals surface area (Å²) in [5.41, 5.74) is 1.52. The zero-order valence-corrected chi connectivity index (χ0v) is 13.4. The first-order valence-electron chi connectivity index (χ1n) is 6.28. The van der Waals surface area contributed by atoms with E-state index >= 15 is 0 Å². The highest BCUT2D eigenvalue weighted by Crippen LogP contribution is 2.37. The number of ether oxygens (including phenoxy) is 1. The minimum Gasteiger partial charge on any atom is -0.394 e. The highest BCUT2D eigenvalue weighted by Gasteiger charge is 2.46. The summed E-state index contributed by atoms with van der Waals surface area (Å²) < 4.78 is 35.7. The van der Waals surface area contributed by atoms with Crippen LogP contribution in [0.5, 0.6) is 0 Å². The van der Waals surface area contributed by atoms with Crippen LogP contribution < -0.4 is 5.32 Å². The molecular formula is C11H17FN3O4PS. The Morgan fingerprint density at radius 3 is 2.90 bits per heavy atom. The van der Waals surface area contributed by atoms with Crippen LogP contribution in [0.15, 0.2) is 6.33 Å². The molecule has 0 radical (unpaired) electrons. The molecule has 1 aliphatic heterocycles. The van der Waals surface area contributed by atoms with Gasteiger partial charge in [-0.2, -0.15) is 0 Å². The number of halogens is 1. The fourth-order valence-electron chi connectivity index (χ4n) is 2.05. The van der Waals surface area contributed by atoms with Gasteiger partial charge in [0.05, 0.1) is 6.61 Å². The molecule has 2 N–H and O–H groups in total. The average molecular weight is 337 g/mol. The molecule has 0 aliphatic carbocycles. The van der Waals surface area contributed by atoms with Crippen molar-refractivity contribution < 1.29 is 23.3 Å². The van der Waals surface area contributed by atoms with Gasteiger partial charge < -0.3 is 19.7 Å². The largest absolute Gasteiger partial charge is 0.394 e. The molecule has 0 amide bonds. The molecule has 1 aliphatic rings. The van der Waals surface area contributed by atoms with Crippen molar-refractivity contribution in [1.29, 1.82) is 0 Å². The second-order valence-electron chi connectivity index (χ2n) is 4.65. The van der Waals surface area contributed by atoms with Crippen molar-refractivity contribution in [3.8, 4) is 0 Å². The van der Waals surface area contributed by atoms with E-state index in [1.165, 1.54) is 6.33 Å². The van der Waals surface area contributed by atoms with Crippen molar-refractivity contribution in [2.45, 2.75) is 38.5 Å². The van der Waals surface area contributed by atoms with Crippen LogP contribution in [0.3, 0.4) is 0 Å². The molecule has 1 aromatic rings. The van der Waals surface area contributed by atoms with E-state index in [0.717, 1.165) is 11.3 Å². The minimum absolute atomic E-state index is 0.436. The maximum Gasteiger partial charge on any atom is 0.243 e. The molecule has 10 heteroatoms. The van der Waals surface area contributed by atoms with E-state index in [1.807, 2.05) is 0 Å². The van der Waals surface area contributed by atoms with Crippen LogP contribution in [0.1, 0.15) is 11.3 Å². The third-order valence-electron chi connectivity index (χ3n) is 3.32. The number of anilines is 1. The lowest BCUT2D eigenvalue weighted by atomic mass is 10.1. The Balaban J connectivity index is 2.14. The SMILES string of the molecule is Cc1ncnc(NC2O[C@H](CO)[C@@H](O[PH](=O)S)[C@H]2F)c1C. The number of aliphatic hydroxyl groups excluding tert-OH is 1. The Morgan fingerprint density at radius 2 is 2.29 bits per heavy atom. The molecule has 1 aromatic heterocycles. The summed E-state index contributed by atoms with van der Waals surface area (Å²) in [5, 5.41) is 12.0. The normalized spacial score (nSPS) is 30.3. The Labute approximate surface area is 127 Å². The van der Waals surface area contributed by atoms with Gasteiger partial charge in [0.15, 0.2) is 12.4 Å². The van der Waals surface area contributed by atoms with E-state index in [9.17, 15) is 14.1 Å². The lowest BCUT2D eigenvalue weighted by Crippen LogP contribution is -2.34. The molecule has 5 atom stereocenters. The Morgan fingerprint density at radius 1 is 1.57 bits per heavy atom. The number of alkyl halides is 1. The molecule has 1 saturated heterocycles. The second kappa shape index (κ2) is 7.02. The zero-order chi connectivity index (χ0) is 15.6. The van der Waals surface area contributed by atoms with Gasteiger partial charge >= 0.3 is 0 Å². The monoisotopic (exact) mass is 337 g/mol. The Hall–Kier alpha value is -0.730. The van der Waals surface area contributed by atoms with Gasteiger partial charge in [0.1, 0.15) is 24.4 Å². The molecule has 1 fully saturated rings. The third kappa shape index (κ3) is 3.73. The number of nitrogens with one attached hydrogen (secondary N) is 1. The van der Waals surface area contributed by atoms with Gasteiger partial charge in [-0.15, -0.1) is 0 Å². The summed E-state index contributed by atoms with van der Waals surface area (Å²) in [6.45, 7) is 3.15. The van der Waals surface area contributed by atoms with Crippen LogP contribution in [0, 0.1) is 13.8 Å². The van der Waals surface area contributed by atoms with E-state index in [0.29, 0.717) is 5.82 Å². The maximum atomic E-state index is 14.3.